The van der Waals surface area contributed by atoms with Gasteiger partial charge in [0.15, 0.2) is 0 Å². The SMILES string of the molecule is COC(=O)C1CN(S(=O)(=O)c2ccc(COc3cccc([C@@H](CC(=O)O[C@H]4CN5CCC4CC5)c4ccccc4)c3)cc2)C1. The number of nitrogens with zero attached hydrogens (tertiary/aromatic N) is 2. The number of sulfonamides is 1. The fraction of sp³-hybridized carbons (Fsp3) is 0.412. The highest BCUT2D eigenvalue weighted by atomic mass is 32.2. The molecule has 0 N–H and O–H groups in total. The van der Waals surface area contributed by atoms with Gasteiger partial charge in [0.1, 0.15) is 18.5 Å². The number of rotatable bonds is 11. The minimum Gasteiger partial charge on any atom is -0.489 e. The molecule has 4 aliphatic rings. The third-order valence-electron chi connectivity index (χ3n) is 9.06. The Morgan fingerprint density at radius 3 is 2.25 bits per heavy atom. The number of esters is 2. The Hall–Kier alpha value is -3.73. The van der Waals surface area contributed by atoms with E-state index in [2.05, 4.69) is 4.90 Å². The van der Waals surface area contributed by atoms with Crippen molar-refractivity contribution >= 4 is 22.0 Å². The van der Waals surface area contributed by atoms with E-state index in [-0.39, 0.29) is 49.0 Å². The number of fused-ring (bicyclic) bond motifs is 3. The van der Waals surface area contributed by atoms with Crippen molar-refractivity contribution in [2.24, 2.45) is 11.8 Å². The van der Waals surface area contributed by atoms with E-state index in [9.17, 15) is 18.0 Å². The maximum Gasteiger partial charge on any atom is 0.311 e. The molecule has 0 radical (unpaired) electrons. The molecule has 4 saturated heterocycles. The van der Waals surface area contributed by atoms with Crippen LogP contribution in [-0.4, -0.2) is 75.5 Å². The predicted octanol–water partition coefficient (Wildman–Crippen LogP) is 4.22. The highest BCUT2D eigenvalue weighted by Crippen LogP contribution is 2.34. The number of ether oxygens (including phenoxy) is 3. The molecule has 0 aliphatic carbocycles. The van der Waals surface area contributed by atoms with Gasteiger partial charge in [-0.2, -0.15) is 4.31 Å². The van der Waals surface area contributed by atoms with E-state index in [1.807, 2.05) is 54.6 Å². The van der Waals surface area contributed by atoms with Gasteiger partial charge in [0, 0.05) is 25.6 Å². The zero-order valence-electron chi connectivity index (χ0n) is 24.8. The van der Waals surface area contributed by atoms with Crippen molar-refractivity contribution in [3.63, 3.8) is 0 Å². The zero-order chi connectivity index (χ0) is 30.7. The Bertz CT molecular complexity index is 1560. The summed E-state index contributed by atoms with van der Waals surface area (Å²) in [6, 6.07) is 24.3. The van der Waals surface area contributed by atoms with Crippen LogP contribution in [0.1, 0.15) is 41.9 Å². The number of carbonyl (C=O) groups excluding carboxylic acids is 2. The van der Waals surface area contributed by atoms with E-state index >= 15 is 0 Å². The van der Waals surface area contributed by atoms with Crippen molar-refractivity contribution in [3.8, 4) is 5.75 Å². The molecule has 2 atom stereocenters. The number of hydrogen-bond donors (Lipinski definition) is 0. The standard InChI is InChI=1S/C34H38N2O7S/c1-41-34(38)28-20-36(21-28)44(39,40)30-12-10-24(11-13-30)23-42-29-9-5-8-27(18-29)31(25-6-3-2-4-7-25)19-33(37)43-32-22-35-16-14-26(32)15-17-35/h2-13,18,26,28,31-32H,14-17,19-23H2,1H3/t31-,32-/m0/s1. The highest BCUT2D eigenvalue weighted by Gasteiger charge is 2.41. The highest BCUT2D eigenvalue weighted by molar-refractivity contribution is 7.89. The summed E-state index contributed by atoms with van der Waals surface area (Å²) in [7, 11) is -2.38. The van der Waals surface area contributed by atoms with Gasteiger partial charge in [-0.25, -0.2) is 8.42 Å². The smallest absolute Gasteiger partial charge is 0.311 e. The first-order valence-corrected chi connectivity index (χ1v) is 16.6. The van der Waals surface area contributed by atoms with Gasteiger partial charge in [0.2, 0.25) is 10.0 Å². The van der Waals surface area contributed by atoms with Gasteiger partial charge < -0.3 is 14.2 Å². The number of piperidine rings is 3. The van der Waals surface area contributed by atoms with Crippen LogP contribution < -0.4 is 4.74 Å². The Labute approximate surface area is 258 Å². The average Bonchev–Trinajstić information content (AvgIpc) is 3.03. The van der Waals surface area contributed by atoms with Crippen LogP contribution >= 0.6 is 0 Å². The van der Waals surface area contributed by atoms with Crippen molar-refractivity contribution in [3.05, 3.63) is 95.6 Å². The minimum atomic E-state index is -3.68. The van der Waals surface area contributed by atoms with E-state index < -0.39 is 21.9 Å². The third kappa shape index (κ3) is 6.67. The van der Waals surface area contributed by atoms with Gasteiger partial charge >= 0.3 is 11.9 Å². The monoisotopic (exact) mass is 618 g/mol. The summed E-state index contributed by atoms with van der Waals surface area (Å²) in [6.45, 7) is 3.51. The third-order valence-corrected chi connectivity index (χ3v) is 10.9. The van der Waals surface area contributed by atoms with Crippen molar-refractivity contribution in [1.29, 1.82) is 0 Å². The van der Waals surface area contributed by atoms with Crippen molar-refractivity contribution in [2.75, 3.05) is 39.8 Å². The molecule has 4 aliphatic heterocycles. The molecule has 0 amide bonds. The molecule has 3 aromatic rings. The summed E-state index contributed by atoms with van der Waals surface area (Å²) in [4.78, 5) is 27.4. The molecule has 4 heterocycles. The average molecular weight is 619 g/mol. The van der Waals surface area contributed by atoms with E-state index in [1.54, 1.807) is 24.3 Å². The van der Waals surface area contributed by atoms with Crippen LogP contribution in [-0.2, 0) is 35.7 Å². The maximum absolute atomic E-state index is 13.2. The molecule has 0 unspecified atom stereocenters. The van der Waals surface area contributed by atoms with Crippen molar-refractivity contribution in [2.45, 2.75) is 42.8 Å². The molecule has 3 aromatic carbocycles. The van der Waals surface area contributed by atoms with Gasteiger partial charge in [-0.05, 0) is 72.8 Å². The molecule has 4 fully saturated rings. The number of hydrogen-bond acceptors (Lipinski definition) is 8. The summed E-state index contributed by atoms with van der Waals surface area (Å²) in [6.07, 6.45) is 2.39. The molecule has 0 aromatic heterocycles. The number of carbonyl (C=O) groups is 2. The van der Waals surface area contributed by atoms with Crippen LogP contribution in [0.3, 0.4) is 0 Å². The van der Waals surface area contributed by atoms with Crippen LogP contribution in [0.25, 0.3) is 0 Å². The first-order valence-electron chi connectivity index (χ1n) is 15.2. The molecule has 0 saturated carbocycles. The topological polar surface area (TPSA) is 102 Å². The van der Waals surface area contributed by atoms with Crippen LogP contribution in [0.5, 0.6) is 5.75 Å². The van der Waals surface area contributed by atoms with E-state index in [0.717, 1.165) is 49.2 Å². The number of benzene rings is 3. The Balaban J connectivity index is 1.10. The second-order valence-corrected chi connectivity index (χ2v) is 13.8. The van der Waals surface area contributed by atoms with Gasteiger partial charge in [-0.3, -0.25) is 14.5 Å². The molecule has 232 valence electrons. The Kier molecular flexibility index (Phi) is 9.02. The lowest BCUT2D eigenvalue weighted by atomic mass is 9.85. The van der Waals surface area contributed by atoms with E-state index in [4.69, 9.17) is 14.2 Å². The summed E-state index contributed by atoms with van der Waals surface area (Å²) < 4.78 is 43.9. The quantitative estimate of drug-likeness (QED) is 0.295. The van der Waals surface area contributed by atoms with Gasteiger partial charge in [0.05, 0.1) is 24.3 Å². The van der Waals surface area contributed by atoms with Gasteiger partial charge in [-0.15, -0.1) is 0 Å². The molecular weight excluding hydrogens is 580 g/mol. The van der Waals surface area contributed by atoms with Crippen molar-refractivity contribution in [1.82, 2.24) is 9.21 Å². The Morgan fingerprint density at radius 2 is 1.59 bits per heavy atom. The molecule has 10 heteroatoms. The second-order valence-electron chi connectivity index (χ2n) is 11.9. The largest absolute Gasteiger partial charge is 0.489 e. The maximum atomic E-state index is 13.2. The molecular formula is C34H38N2O7S. The first kappa shape index (κ1) is 30.3. The molecule has 44 heavy (non-hydrogen) atoms. The molecule has 0 spiro atoms. The van der Waals surface area contributed by atoms with Crippen LogP contribution in [0.2, 0.25) is 0 Å². The number of methoxy groups -OCH3 is 1. The first-order chi connectivity index (χ1) is 21.3. The molecule has 2 bridgehead atoms. The van der Waals surface area contributed by atoms with Crippen LogP contribution in [0.15, 0.2) is 83.8 Å². The lowest BCUT2D eigenvalue weighted by molar-refractivity contribution is -0.159. The summed E-state index contributed by atoms with van der Waals surface area (Å²) in [5, 5.41) is 0. The minimum absolute atomic E-state index is 0.0276. The van der Waals surface area contributed by atoms with Gasteiger partial charge in [0.25, 0.3) is 0 Å². The lowest BCUT2D eigenvalue weighted by Crippen LogP contribution is -2.53. The van der Waals surface area contributed by atoms with Crippen molar-refractivity contribution < 1.29 is 32.2 Å². The van der Waals surface area contributed by atoms with Crippen LogP contribution in [0.4, 0.5) is 0 Å². The molecule has 9 nitrogen and oxygen atoms in total. The fourth-order valence-corrected chi connectivity index (χ4v) is 7.92. The van der Waals surface area contributed by atoms with Gasteiger partial charge in [-0.1, -0.05) is 54.6 Å². The lowest BCUT2D eigenvalue weighted by Gasteiger charge is -2.44. The normalized spacial score (nSPS) is 22.5. The summed E-state index contributed by atoms with van der Waals surface area (Å²) in [5.74, 6) is -0.0703. The van der Waals surface area contributed by atoms with Crippen LogP contribution in [0, 0.1) is 11.8 Å². The van der Waals surface area contributed by atoms with E-state index in [1.165, 1.54) is 11.4 Å². The second kappa shape index (κ2) is 13.1. The summed E-state index contributed by atoms with van der Waals surface area (Å²) in [5.41, 5.74) is 2.80. The summed E-state index contributed by atoms with van der Waals surface area (Å²) >= 11 is 0. The zero-order valence-corrected chi connectivity index (χ0v) is 25.7. The Morgan fingerprint density at radius 1 is 0.886 bits per heavy atom. The molecule has 7 rings (SSSR count). The predicted molar refractivity (Wildman–Crippen MR) is 163 cm³/mol. The van der Waals surface area contributed by atoms with E-state index in [0.29, 0.717) is 11.7 Å². The fourth-order valence-electron chi connectivity index (χ4n) is 6.39.